The average molecular weight is 187 g/mol. The van der Waals surface area contributed by atoms with E-state index in [4.69, 9.17) is 10.2 Å². The molecule has 0 radical (unpaired) electrons. The van der Waals surface area contributed by atoms with E-state index in [0.29, 0.717) is 0 Å². The molecule has 0 unspecified atom stereocenters. The maximum atomic E-state index is 11.1. The summed E-state index contributed by atoms with van der Waals surface area (Å²) in [5.41, 5.74) is -0.435. The minimum absolute atomic E-state index is 0.0168. The van der Waals surface area contributed by atoms with Gasteiger partial charge >= 0.3 is 5.97 Å². The molecule has 1 rings (SSSR count). The van der Waals surface area contributed by atoms with Gasteiger partial charge in [0.05, 0.1) is 18.6 Å². The van der Waals surface area contributed by atoms with Crippen LogP contribution in [0.15, 0.2) is 0 Å². The third-order valence-electron chi connectivity index (χ3n) is 2.13. The van der Waals surface area contributed by atoms with Crippen LogP contribution in [0, 0.1) is 0 Å². The highest BCUT2D eigenvalue weighted by Crippen LogP contribution is 2.34. The fourth-order valence-corrected chi connectivity index (χ4v) is 1.05. The Labute approximate surface area is 75.7 Å². The number of carbonyl (C=O) groups is 2. The Morgan fingerprint density at radius 1 is 1.31 bits per heavy atom. The minimum Gasteiger partial charge on any atom is -0.481 e. The molecule has 0 aliphatic heterocycles. The molecule has 0 atom stereocenters. The molecule has 5 heteroatoms. The topological polar surface area (TPSA) is 86.6 Å². The van der Waals surface area contributed by atoms with Crippen LogP contribution in [0.3, 0.4) is 0 Å². The molecule has 0 aromatic rings. The largest absolute Gasteiger partial charge is 0.481 e. The number of hydrogen-bond donors (Lipinski definition) is 3. The van der Waals surface area contributed by atoms with E-state index in [2.05, 4.69) is 5.32 Å². The molecular weight excluding hydrogens is 174 g/mol. The quantitative estimate of drug-likeness (QED) is 0.541. The molecule has 1 amide bonds. The third kappa shape index (κ3) is 3.02. The van der Waals surface area contributed by atoms with Crippen molar-refractivity contribution in [3.8, 4) is 0 Å². The maximum absolute atomic E-state index is 11.1. The third-order valence-corrected chi connectivity index (χ3v) is 2.13. The van der Waals surface area contributed by atoms with Crippen molar-refractivity contribution in [1.29, 1.82) is 0 Å². The number of nitrogens with one attached hydrogen (secondary N) is 1. The van der Waals surface area contributed by atoms with Gasteiger partial charge in [0.25, 0.3) is 0 Å². The van der Waals surface area contributed by atoms with Crippen LogP contribution in [0.25, 0.3) is 0 Å². The molecule has 0 aromatic heterocycles. The summed E-state index contributed by atoms with van der Waals surface area (Å²) in [4.78, 5) is 21.2. The number of amides is 1. The molecule has 74 valence electrons. The van der Waals surface area contributed by atoms with E-state index in [1.807, 2.05) is 0 Å². The fourth-order valence-electron chi connectivity index (χ4n) is 1.05. The first kappa shape index (κ1) is 9.98. The monoisotopic (exact) mass is 187 g/mol. The zero-order valence-electron chi connectivity index (χ0n) is 7.25. The molecule has 1 saturated carbocycles. The number of aliphatic carboxylic acids is 1. The molecule has 3 N–H and O–H groups in total. The second kappa shape index (κ2) is 3.74. The molecule has 0 aromatic carbocycles. The van der Waals surface area contributed by atoms with Gasteiger partial charge in [-0.05, 0) is 12.8 Å². The van der Waals surface area contributed by atoms with E-state index >= 15 is 0 Å². The molecule has 0 saturated heterocycles. The molecule has 0 heterocycles. The predicted molar refractivity (Wildman–Crippen MR) is 44.1 cm³/mol. The Kier molecular flexibility index (Phi) is 2.87. The summed E-state index contributed by atoms with van der Waals surface area (Å²) in [7, 11) is 0. The smallest absolute Gasteiger partial charge is 0.303 e. The number of aliphatic hydroxyl groups excluding tert-OH is 1. The van der Waals surface area contributed by atoms with E-state index in [9.17, 15) is 9.59 Å². The van der Waals surface area contributed by atoms with Crippen LogP contribution < -0.4 is 5.32 Å². The Hall–Kier alpha value is -1.10. The number of aliphatic hydroxyl groups is 1. The minimum atomic E-state index is -0.982. The van der Waals surface area contributed by atoms with Crippen LogP contribution in [0.4, 0.5) is 0 Å². The molecule has 13 heavy (non-hydrogen) atoms. The first-order chi connectivity index (χ1) is 6.08. The van der Waals surface area contributed by atoms with Crippen molar-refractivity contribution < 1.29 is 19.8 Å². The van der Waals surface area contributed by atoms with Crippen LogP contribution >= 0.6 is 0 Å². The van der Waals surface area contributed by atoms with Crippen molar-refractivity contribution in [3.05, 3.63) is 0 Å². The molecule has 1 aliphatic rings. The van der Waals surface area contributed by atoms with Crippen LogP contribution in [-0.2, 0) is 9.59 Å². The summed E-state index contributed by atoms with van der Waals surface area (Å²) in [6.07, 6.45) is 1.38. The number of carboxylic acids is 1. The standard InChI is InChI=1S/C8H13NO4/c10-5-8(3-4-8)9-6(11)1-2-7(12)13/h10H,1-5H2,(H,9,11)(H,12,13). The van der Waals surface area contributed by atoms with Gasteiger partial charge in [0.15, 0.2) is 0 Å². The highest BCUT2D eigenvalue weighted by atomic mass is 16.4. The van der Waals surface area contributed by atoms with Crippen LogP contribution in [0.2, 0.25) is 0 Å². The Morgan fingerprint density at radius 3 is 2.31 bits per heavy atom. The van der Waals surface area contributed by atoms with Gasteiger partial charge in [0, 0.05) is 6.42 Å². The molecule has 1 aliphatic carbocycles. The van der Waals surface area contributed by atoms with Crippen molar-refractivity contribution in [2.24, 2.45) is 0 Å². The lowest BCUT2D eigenvalue weighted by Gasteiger charge is -2.13. The van der Waals surface area contributed by atoms with Crippen molar-refractivity contribution in [2.45, 2.75) is 31.2 Å². The normalized spacial score (nSPS) is 17.9. The average Bonchev–Trinajstić information content (AvgIpc) is 2.82. The fraction of sp³-hybridized carbons (Fsp3) is 0.750. The first-order valence-corrected chi connectivity index (χ1v) is 4.22. The highest BCUT2D eigenvalue weighted by Gasteiger charge is 2.43. The molecule has 1 fully saturated rings. The summed E-state index contributed by atoms with van der Waals surface area (Å²) in [5, 5.41) is 19.8. The lowest BCUT2D eigenvalue weighted by Crippen LogP contribution is -2.39. The predicted octanol–water partition coefficient (Wildman–Crippen LogP) is -0.508. The van der Waals surface area contributed by atoms with Crippen LogP contribution in [0.1, 0.15) is 25.7 Å². The van der Waals surface area contributed by atoms with E-state index < -0.39 is 11.5 Å². The summed E-state index contributed by atoms with van der Waals surface area (Å²) in [6.45, 7) is -0.0637. The van der Waals surface area contributed by atoms with Crippen LogP contribution in [-0.4, -0.2) is 34.2 Å². The Bertz CT molecular complexity index is 222. The second-order valence-corrected chi connectivity index (χ2v) is 3.38. The lowest BCUT2D eigenvalue weighted by molar-refractivity contribution is -0.139. The maximum Gasteiger partial charge on any atom is 0.303 e. The zero-order valence-corrected chi connectivity index (χ0v) is 7.25. The number of rotatable bonds is 5. The Morgan fingerprint density at radius 2 is 1.92 bits per heavy atom. The second-order valence-electron chi connectivity index (χ2n) is 3.38. The van der Waals surface area contributed by atoms with Gasteiger partial charge in [-0.1, -0.05) is 0 Å². The van der Waals surface area contributed by atoms with Crippen molar-refractivity contribution >= 4 is 11.9 Å². The SMILES string of the molecule is O=C(O)CCC(=O)NC1(CO)CC1. The first-order valence-electron chi connectivity index (χ1n) is 4.22. The van der Waals surface area contributed by atoms with Crippen molar-refractivity contribution in [2.75, 3.05) is 6.61 Å². The van der Waals surface area contributed by atoms with E-state index in [-0.39, 0.29) is 25.4 Å². The van der Waals surface area contributed by atoms with Gasteiger partial charge in [0.2, 0.25) is 5.91 Å². The molecule has 0 bridgehead atoms. The van der Waals surface area contributed by atoms with Crippen molar-refractivity contribution in [3.63, 3.8) is 0 Å². The van der Waals surface area contributed by atoms with Gasteiger partial charge in [0.1, 0.15) is 0 Å². The summed E-state index contributed by atoms with van der Waals surface area (Å²) >= 11 is 0. The van der Waals surface area contributed by atoms with Gasteiger partial charge in [-0.25, -0.2) is 0 Å². The van der Waals surface area contributed by atoms with Gasteiger partial charge in [-0.15, -0.1) is 0 Å². The summed E-state index contributed by atoms with van der Waals surface area (Å²) in [5.74, 6) is -1.28. The van der Waals surface area contributed by atoms with Gasteiger partial charge in [-0.2, -0.15) is 0 Å². The van der Waals surface area contributed by atoms with E-state index in [0.717, 1.165) is 12.8 Å². The van der Waals surface area contributed by atoms with Gasteiger partial charge < -0.3 is 15.5 Å². The summed E-state index contributed by atoms with van der Waals surface area (Å²) < 4.78 is 0. The molecular formula is C8H13NO4. The summed E-state index contributed by atoms with van der Waals surface area (Å²) in [6, 6.07) is 0. The Balaban J connectivity index is 2.21. The molecule has 0 spiro atoms. The zero-order chi connectivity index (χ0) is 9.90. The number of carboxylic acid groups (broad SMARTS) is 1. The van der Waals surface area contributed by atoms with Gasteiger partial charge in [-0.3, -0.25) is 9.59 Å². The molecule has 5 nitrogen and oxygen atoms in total. The van der Waals surface area contributed by atoms with E-state index in [1.165, 1.54) is 0 Å². The highest BCUT2D eigenvalue weighted by molar-refractivity contribution is 5.81. The van der Waals surface area contributed by atoms with Crippen LogP contribution in [0.5, 0.6) is 0 Å². The lowest BCUT2D eigenvalue weighted by atomic mass is 10.2. The number of carbonyl (C=O) groups excluding carboxylic acids is 1. The van der Waals surface area contributed by atoms with E-state index in [1.54, 1.807) is 0 Å². The number of hydrogen-bond acceptors (Lipinski definition) is 3. The van der Waals surface area contributed by atoms with Crippen molar-refractivity contribution in [1.82, 2.24) is 5.32 Å².